The van der Waals surface area contributed by atoms with Gasteiger partial charge in [0.15, 0.2) is 5.65 Å². The van der Waals surface area contributed by atoms with Crippen LogP contribution in [-0.2, 0) is 4.74 Å². The smallest absolute Gasteiger partial charge is 0.251 e. The Balaban J connectivity index is 1.43. The lowest BCUT2D eigenvalue weighted by Gasteiger charge is -2.30. The molecule has 0 unspecified atom stereocenters. The van der Waals surface area contributed by atoms with Gasteiger partial charge in [-0.25, -0.2) is 15.0 Å². The number of anilines is 1. The minimum absolute atomic E-state index is 0.0390. The number of hydrogen-bond acceptors (Lipinski definition) is 6. The first kappa shape index (κ1) is 20.8. The average Bonchev–Trinajstić information content (AvgIpc) is 3.59. The van der Waals surface area contributed by atoms with Crippen LogP contribution >= 0.6 is 0 Å². The Hall–Kier alpha value is -3.78. The molecule has 8 nitrogen and oxygen atoms in total. The van der Waals surface area contributed by atoms with Crippen LogP contribution in [0.3, 0.4) is 0 Å². The third-order valence-electron chi connectivity index (χ3n) is 6.49. The monoisotopic (exact) mass is 454 g/mol. The molecular formula is C26H26N6O2. The molecule has 34 heavy (non-hydrogen) atoms. The number of imidazole rings is 1. The van der Waals surface area contributed by atoms with Crippen LogP contribution in [0.2, 0.25) is 0 Å². The SMILES string of the molecule is Cc1ccc(C(=O)NC2CC2)cc1-n1cnc2c(-c3ccccc3N3CCOCC3)ncnc21. The molecule has 2 aliphatic rings. The molecule has 172 valence electrons. The van der Waals surface area contributed by atoms with Gasteiger partial charge in [0.1, 0.15) is 23.9 Å². The van der Waals surface area contributed by atoms with Gasteiger partial charge in [0.2, 0.25) is 0 Å². The number of nitrogens with zero attached hydrogens (tertiary/aromatic N) is 5. The molecule has 1 N–H and O–H groups in total. The first-order valence-electron chi connectivity index (χ1n) is 11.7. The third kappa shape index (κ3) is 3.80. The second-order valence-electron chi connectivity index (χ2n) is 8.87. The van der Waals surface area contributed by atoms with Crippen LogP contribution in [0.15, 0.2) is 55.1 Å². The lowest BCUT2D eigenvalue weighted by molar-refractivity contribution is 0.0951. The number of carbonyl (C=O) groups is 1. The zero-order chi connectivity index (χ0) is 23.1. The lowest BCUT2D eigenvalue weighted by Crippen LogP contribution is -2.36. The van der Waals surface area contributed by atoms with Gasteiger partial charge in [-0.15, -0.1) is 0 Å². The van der Waals surface area contributed by atoms with Gasteiger partial charge in [-0.2, -0.15) is 0 Å². The van der Waals surface area contributed by atoms with Crippen LogP contribution in [0, 0.1) is 6.92 Å². The zero-order valence-corrected chi connectivity index (χ0v) is 19.1. The summed E-state index contributed by atoms with van der Waals surface area (Å²) in [7, 11) is 0. The van der Waals surface area contributed by atoms with Crippen molar-refractivity contribution in [3.8, 4) is 16.9 Å². The van der Waals surface area contributed by atoms with E-state index in [0.717, 1.165) is 59.6 Å². The van der Waals surface area contributed by atoms with Gasteiger partial charge in [-0.1, -0.05) is 24.3 Å². The summed E-state index contributed by atoms with van der Waals surface area (Å²) in [5, 5.41) is 3.06. The Labute approximate surface area is 197 Å². The first-order chi connectivity index (χ1) is 16.7. The molecule has 2 aromatic heterocycles. The number of aryl methyl sites for hydroxylation is 1. The number of para-hydroxylation sites is 1. The topological polar surface area (TPSA) is 85.2 Å². The Morgan fingerprint density at radius 3 is 2.68 bits per heavy atom. The number of rotatable bonds is 5. The molecule has 1 saturated heterocycles. The molecule has 0 atom stereocenters. The molecular weight excluding hydrogens is 428 g/mol. The summed E-state index contributed by atoms with van der Waals surface area (Å²) in [5.74, 6) is -0.0390. The van der Waals surface area contributed by atoms with E-state index < -0.39 is 0 Å². The minimum atomic E-state index is -0.0390. The molecule has 8 heteroatoms. The lowest BCUT2D eigenvalue weighted by atomic mass is 10.1. The maximum Gasteiger partial charge on any atom is 0.251 e. The Kier molecular flexibility index (Phi) is 5.22. The van der Waals surface area contributed by atoms with Crippen molar-refractivity contribution in [2.45, 2.75) is 25.8 Å². The summed E-state index contributed by atoms with van der Waals surface area (Å²) in [5.41, 5.74) is 6.95. The number of ether oxygens (including phenoxy) is 1. The molecule has 4 aromatic rings. The van der Waals surface area contributed by atoms with Crippen LogP contribution in [0.4, 0.5) is 5.69 Å². The minimum Gasteiger partial charge on any atom is -0.378 e. The number of hydrogen-bond donors (Lipinski definition) is 1. The highest BCUT2D eigenvalue weighted by molar-refractivity contribution is 5.96. The molecule has 0 bridgehead atoms. The highest BCUT2D eigenvalue weighted by Crippen LogP contribution is 2.34. The van der Waals surface area contributed by atoms with Crippen molar-refractivity contribution in [1.29, 1.82) is 0 Å². The predicted octanol–water partition coefficient (Wildman–Crippen LogP) is 3.52. The number of carbonyl (C=O) groups excluding carboxylic acids is 1. The van der Waals surface area contributed by atoms with E-state index in [1.54, 1.807) is 12.7 Å². The van der Waals surface area contributed by atoms with Crippen LogP contribution in [0.25, 0.3) is 28.1 Å². The van der Waals surface area contributed by atoms with E-state index in [-0.39, 0.29) is 5.91 Å². The number of amides is 1. The Morgan fingerprint density at radius 1 is 1.03 bits per heavy atom. The highest BCUT2D eigenvalue weighted by Gasteiger charge is 2.24. The van der Waals surface area contributed by atoms with Crippen LogP contribution < -0.4 is 10.2 Å². The van der Waals surface area contributed by atoms with Gasteiger partial charge in [0, 0.05) is 35.9 Å². The van der Waals surface area contributed by atoms with Crippen LogP contribution in [0.1, 0.15) is 28.8 Å². The zero-order valence-electron chi connectivity index (χ0n) is 19.1. The molecule has 1 amide bonds. The standard InChI is InChI=1S/C26H26N6O2/c1-17-6-7-18(26(33)30-19-8-9-19)14-22(17)32-16-29-24-23(27-15-28-25(24)32)20-4-2-3-5-21(20)31-10-12-34-13-11-31/h2-7,14-16,19H,8-13H2,1H3,(H,30,33). The molecule has 0 spiro atoms. The van der Waals surface area contributed by atoms with Gasteiger partial charge in [-0.3, -0.25) is 9.36 Å². The number of aromatic nitrogens is 4. The summed E-state index contributed by atoms with van der Waals surface area (Å²) >= 11 is 0. The number of fused-ring (bicyclic) bond motifs is 1. The largest absolute Gasteiger partial charge is 0.378 e. The fourth-order valence-electron chi connectivity index (χ4n) is 4.47. The summed E-state index contributed by atoms with van der Waals surface area (Å²) in [6.45, 7) is 5.14. The van der Waals surface area contributed by atoms with Gasteiger partial charge in [0.25, 0.3) is 5.91 Å². The first-order valence-corrected chi connectivity index (χ1v) is 11.7. The summed E-state index contributed by atoms with van der Waals surface area (Å²) in [4.78, 5) is 28.9. The quantitative estimate of drug-likeness (QED) is 0.497. The fraction of sp³-hybridized carbons (Fsp3) is 0.308. The van der Waals surface area contributed by atoms with E-state index in [2.05, 4.69) is 32.3 Å². The summed E-state index contributed by atoms with van der Waals surface area (Å²) in [6, 6.07) is 14.3. The van der Waals surface area contributed by atoms with E-state index in [1.165, 1.54) is 0 Å². The van der Waals surface area contributed by atoms with Crippen molar-refractivity contribution in [2.24, 2.45) is 0 Å². The van der Waals surface area contributed by atoms with Gasteiger partial charge in [-0.05, 0) is 43.5 Å². The normalized spacial score (nSPS) is 16.1. The summed E-state index contributed by atoms with van der Waals surface area (Å²) < 4.78 is 7.49. The van der Waals surface area contributed by atoms with Crippen molar-refractivity contribution in [3.05, 3.63) is 66.2 Å². The van der Waals surface area contributed by atoms with Gasteiger partial charge in [0.05, 0.1) is 18.9 Å². The number of nitrogens with one attached hydrogen (secondary N) is 1. The average molecular weight is 455 g/mol. The second-order valence-corrected chi connectivity index (χ2v) is 8.87. The molecule has 0 radical (unpaired) electrons. The molecule has 6 rings (SSSR count). The van der Waals surface area contributed by atoms with Crippen molar-refractivity contribution >= 4 is 22.8 Å². The summed E-state index contributed by atoms with van der Waals surface area (Å²) in [6.07, 6.45) is 5.47. The Morgan fingerprint density at radius 2 is 1.85 bits per heavy atom. The van der Waals surface area contributed by atoms with Crippen molar-refractivity contribution in [2.75, 3.05) is 31.2 Å². The molecule has 3 heterocycles. The maximum absolute atomic E-state index is 12.6. The van der Waals surface area contributed by atoms with Gasteiger partial charge >= 0.3 is 0 Å². The van der Waals surface area contributed by atoms with E-state index >= 15 is 0 Å². The molecule has 2 fully saturated rings. The van der Waals surface area contributed by atoms with E-state index in [1.807, 2.05) is 41.8 Å². The van der Waals surface area contributed by atoms with Crippen LogP contribution in [-0.4, -0.2) is 57.8 Å². The maximum atomic E-state index is 12.6. The predicted molar refractivity (Wildman–Crippen MR) is 130 cm³/mol. The van der Waals surface area contributed by atoms with E-state index in [9.17, 15) is 4.79 Å². The second kappa shape index (κ2) is 8.53. The van der Waals surface area contributed by atoms with Crippen LogP contribution in [0.5, 0.6) is 0 Å². The fourth-order valence-corrected chi connectivity index (χ4v) is 4.47. The molecule has 1 aliphatic carbocycles. The Bertz CT molecular complexity index is 1370. The molecule has 1 saturated carbocycles. The van der Waals surface area contributed by atoms with Crippen molar-refractivity contribution in [3.63, 3.8) is 0 Å². The highest BCUT2D eigenvalue weighted by atomic mass is 16.5. The van der Waals surface area contributed by atoms with Crippen molar-refractivity contribution in [1.82, 2.24) is 24.8 Å². The van der Waals surface area contributed by atoms with Gasteiger partial charge < -0.3 is 15.0 Å². The molecule has 2 aromatic carbocycles. The van der Waals surface area contributed by atoms with Crippen molar-refractivity contribution < 1.29 is 9.53 Å². The number of morpholine rings is 1. The third-order valence-corrected chi connectivity index (χ3v) is 6.49. The number of benzene rings is 2. The molecule has 1 aliphatic heterocycles. The van der Waals surface area contributed by atoms with E-state index in [0.29, 0.717) is 30.5 Å². The van der Waals surface area contributed by atoms with E-state index in [4.69, 9.17) is 9.72 Å².